The summed E-state index contributed by atoms with van der Waals surface area (Å²) in [7, 11) is 0. The smallest absolute Gasteiger partial charge is 0.344 e. The van der Waals surface area contributed by atoms with E-state index in [1.165, 1.54) is 6.92 Å². The van der Waals surface area contributed by atoms with Gasteiger partial charge in [0.15, 0.2) is 12.4 Å². The molecule has 0 aliphatic carbocycles. The molecule has 1 heterocycles. The summed E-state index contributed by atoms with van der Waals surface area (Å²) in [6, 6.07) is 3.59. The van der Waals surface area contributed by atoms with E-state index in [1.54, 1.807) is 32.0 Å². The summed E-state index contributed by atoms with van der Waals surface area (Å²) in [5.41, 5.74) is 1.33. The SMILES string of the molecule is CCOC(=O)COc1ccc(Cl)cc1[C@@H]1NC(=O)NC(C)=C1C(C)=O. The second kappa shape index (κ2) is 8.02. The lowest BCUT2D eigenvalue weighted by atomic mass is 9.92. The molecule has 0 bridgehead atoms. The quantitative estimate of drug-likeness (QED) is 0.754. The van der Waals surface area contributed by atoms with Crippen LogP contribution in [-0.4, -0.2) is 31.0 Å². The fourth-order valence-electron chi connectivity index (χ4n) is 2.61. The number of ketones is 1. The van der Waals surface area contributed by atoms with E-state index >= 15 is 0 Å². The maximum atomic E-state index is 12.1. The zero-order valence-corrected chi connectivity index (χ0v) is 14.9. The molecule has 2 N–H and O–H groups in total. The van der Waals surface area contributed by atoms with Crippen molar-refractivity contribution >= 4 is 29.4 Å². The van der Waals surface area contributed by atoms with E-state index in [9.17, 15) is 14.4 Å². The Kier molecular flexibility index (Phi) is 6.03. The molecule has 0 radical (unpaired) electrons. The van der Waals surface area contributed by atoms with E-state index in [-0.39, 0.29) is 19.0 Å². The van der Waals surface area contributed by atoms with Gasteiger partial charge in [0.05, 0.1) is 12.6 Å². The second-order valence-corrected chi connectivity index (χ2v) is 5.84. The number of allylic oxidation sites excluding steroid dienone is 1. The number of Topliss-reactive ketones (excluding diaryl/α,β-unsaturated/α-hetero) is 1. The van der Waals surface area contributed by atoms with Gasteiger partial charge < -0.3 is 20.1 Å². The first kappa shape index (κ1) is 18.8. The van der Waals surface area contributed by atoms with E-state index < -0.39 is 18.0 Å². The van der Waals surface area contributed by atoms with Gasteiger partial charge in [-0.05, 0) is 39.0 Å². The predicted molar refractivity (Wildman–Crippen MR) is 91.4 cm³/mol. The minimum atomic E-state index is -0.734. The number of esters is 1. The molecule has 0 fully saturated rings. The zero-order chi connectivity index (χ0) is 18.6. The first-order valence-corrected chi connectivity index (χ1v) is 8.08. The maximum Gasteiger partial charge on any atom is 0.344 e. The van der Waals surface area contributed by atoms with Crippen LogP contribution in [0.15, 0.2) is 29.5 Å². The molecule has 0 saturated carbocycles. The molecule has 1 aliphatic rings. The molecule has 1 atom stereocenters. The van der Waals surface area contributed by atoms with Crippen molar-refractivity contribution in [2.24, 2.45) is 0 Å². The van der Waals surface area contributed by atoms with Gasteiger partial charge in [-0.2, -0.15) is 0 Å². The number of benzene rings is 1. The number of carbonyl (C=O) groups excluding carboxylic acids is 3. The summed E-state index contributed by atoms with van der Waals surface area (Å²) in [5, 5.41) is 5.67. The molecule has 25 heavy (non-hydrogen) atoms. The minimum absolute atomic E-state index is 0.202. The summed E-state index contributed by atoms with van der Waals surface area (Å²) in [5.74, 6) is -0.390. The maximum absolute atomic E-state index is 12.1. The van der Waals surface area contributed by atoms with E-state index in [0.29, 0.717) is 27.6 Å². The van der Waals surface area contributed by atoms with Gasteiger partial charge in [-0.1, -0.05) is 11.6 Å². The molecule has 0 saturated heterocycles. The molecule has 134 valence electrons. The monoisotopic (exact) mass is 366 g/mol. The molecule has 7 nitrogen and oxygen atoms in total. The lowest BCUT2D eigenvalue weighted by molar-refractivity contribution is -0.145. The molecule has 8 heteroatoms. The van der Waals surface area contributed by atoms with Gasteiger partial charge in [0.25, 0.3) is 0 Å². The van der Waals surface area contributed by atoms with Crippen LogP contribution in [0.1, 0.15) is 32.4 Å². The van der Waals surface area contributed by atoms with Crippen molar-refractivity contribution in [3.8, 4) is 5.75 Å². The highest BCUT2D eigenvalue weighted by Crippen LogP contribution is 2.35. The number of hydrogen-bond acceptors (Lipinski definition) is 5. The number of amides is 2. The Morgan fingerprint density at radius 2 is 2.04 bits per heavy atom. The highest BCUT2D eigenvalue weighted by Gasteiger charge is 2.31. The van der Waals surface area contributed by atoms with E-state index in [4.69, 9.17) is 21.1 Å². The molecule has 0 aromatic heterocycles. The third-order valence-corrected chi connectivity index (χ3v) is 3.82. The highest BCUT2D eigenvalue weighted by molar-refractivity contribution is 6.30. The van der Waals surface area contributed by atoms with Crippen molar-refractivity contribution in [1.29, 1.82) is 0 Å². The molecular weight excluding hydrogens is 348 g/mol. The van der Waals surface area contributed by atoms with E-state index in [2.05, 4.69) is 10.6 Å². The molecule has 1 aromatic rings. The number of ether oxygens (including phenoxy) is 2. The number of urea groups is 1. The van der Waals surface area contributed by atoms with Crippen molar-refractivity contribution in [2.75, 3.05) is 13.2 Å². The lowest BCUT2D eigenvalue weighted by Crippen LogP contribution is -2.44. The summed E-state index contributed by atoms with van der Waals surface area (Å²) < 4.78 is 10.4. The van der Waals surface area contributed by atoms with Gasteiger partial charge in [0.2, 0.25) is 0 Å². The molecule has 0 unspecified atom stereocenters. The van der Waals surface area contributed by atoms with Crippen LogP contribution in [0.25, 0.3) is 0 Å². The fraction of sp³-hybridized carbons (Fsp3) is 0.353. The normalized spacial score (nSPS) is 16.8. The van der Waals surface area contributed by atoms with Crippen molar-refractivity contribution in [3.05, 3.63) is 40.1 Å². The number of nitrogens with one attached hydrogen (secondary N) is 2. The molecule has 2 amide bonds. The standard InChI is InChI=1S/C17H19ClN2O5/c1-4-24-14(22)8-25-13-6-5-11(18)7-12(13)16-15(10(3)21)9(2)19-17(23)20-16/h5-7,16H,4,8H2,1-3H3,(H2,19,20,23)/t16-/m0/s1. The first-order chi connectivity index (χ1) is 11.8. The number of halogens is 1. The summed E-state index contributed by atoms with van der Waals surface area (Å²) in [6.45, 7) is 4.71. The average Bonchev–Trinajstić information content (AvgIpc) is 2.52. The van der Waals surface area contributed by atoms with Gasteiger partial charge in [-0.25, -0.2) is 9.59 Å². The summed E-state index contributed by atoms with van der Waals surface area (Å²) in [4.78, 5) is 35.4. The molecule has 2 rings (SSSR count). The fourth-order valence-corrected chi connectivity index (χ4v) is 2.79. The third-order valence-electron chi connectivity index (χ3n) is 3.58. The topological polar surface area (TPSA) is 93.7 Å². The molecular formula is C17H19ClN2O5. The number of rotatable bonds is 6. The van der Waals surface area contributed by atoms with Gasteiger partial charge in [-0.3, -0.25) is 4.79 Å². The summed E-state index contributed by atoms with van der Waals surface area (Å²) >= 11 is 6.07. The Bertz CT molecular complexity index is 745. The molecule has 0 spiro atoms. The zero-order valence-electron chi connectivity index (χ0n) is 14.1. The van der Waals surface area contributed by atoms with Crippen molar-refractivity contribution < 1.29 is 23.9 Å². The van der Waals surface area contributed by atoms with Crippen LogP contribution in [0.3, 0.4) is 0 Å². The minimum Gasteiger partial charge on any atom is -0.482 e. The van der Waals surface area contributed by atoms with Gasteiger partial charge in [-0.15, -0.1) is 0 Å². The van der Waals surface area contributed by atoms with Crippen LogP contribution in [0.5, 0.6) is 5.75 Å². The van der Waals surface area contributed by atoms with Crippen LogP contribution in [0.4, 0.5) is 4.79 Å². The highest BCUT2D eigenvalue weighted by atomic mass is 35.5. The van der Waals surface area contributed by atoms with Gasteiger partial charge in [0, 0.05) is 21.9 Å². The largest absolute Gasteiger partial charge is 0.482 e. The Hall–Kier alpha value is -2.54. The Morgan fingerprint density at radius 1 is 1.32 bits per heavy atom. The van der Waals surface area contributed by atoms with Gasteiger partial charge >= 0.3 is 12.0 Å². The van der Waals surface area contributed by atoms with Crippen LogP contribution >= 0.6 is 11.6 Å². The van der Waals surface area contributed by atoms with Crippen molar-refractivity contribution in [3.63, 3.8) is 0 Å². The number of carbonyl (C=O) groups is 3. The first-order valence-electron chi connectivity index (χ1n) is 7.70. The van der Waals surface area contributed by atoms with Crippen LogP contribution in [0.2, 0.25) is 5.02 Å². The van der Waals surface area contributed by atoms with Crippen molar-refractivity contribution in [1.82, 2.24) is 10.6 Å². The van der Waals surface area contributed by atoms with Crippen LogP contribution < -0.4 is 15.4 Å². The third kappa shape index (κ3) is 4.51. The Labute approximate surface area is 150 Å². The molecule has 1 aliphatic heterocycles. The predicted octanol–water partition coefficient (Wildman–Crippen LogP) is 2.50. The van der Waals surface area contributed by atoms with E-state index in [1.807, 2.05) is 0 Å². The van der Waals surface area contributed by atoms with Crippen LogP contribution in [0, 0.1) is 0 Å². The Balaban J connectivity index is 2.40. The van der Waals surface area contributed by atoms with Gasteiger partial charge in [0.1, 0.15) is 5.75 Å². The molecule has 1 aromatic carbocycles. The number of hydrogen-bond donors (Lipinski definition) is 2. The Morgan fingerprint density at radius 3 is 2.68 bits per heavy atom. The average molecular weight is 367 g/mol. The van der Waals surface area contributed by atoms with E-state index in [0.717, 1.165) is 0 Å². The second-order valence-electron chi connectivity index (χ2n) is 5.40. The van der Waals surface area contributed by atoms with Crippen LogP contribution in [-0.2, 0) is 14.3 Å². The lowest BCUT2D eigenvalue weighted by Gasteiger charge is -2.29. The summed E-state index contributed by atoms with van der Waals surface area (Å²) in [6.07, 6.45) is 0. The van der Waals surface area contributed by atoms with Crippen molar-refractivity contribution in [2.45, 2.75) is 26.8 Å².